The highest BCUT2D eigenvalue weighted by Crippen LogP contribution is 2.27. The van der Waals surface area contributed by atoms with Crippen LogP contribution in [0.1, 0.15) is 25.6 Å². The third kappa shape index (κ3) is 0.816. The van der Waals surface area contributed by atoms with Gasteiger partial charge in [-0.1, -0.05) is 12.1 Å². The number of rotatable bonds is 0. The van der Waals surface area contributed by atoms with E-state index in [0.29, 0.717) is 5.92 Å². The van der Waals surface area contributed by atoms with Crippen LogP contribution in [0.5, 0.6) is 0 Å². The summed E-state index contributed by atoms with van der Waals surface area (Å²) in [5.41, 5.74) is 3.27. The smallest absolute Gasteiger partial charge is 0.139 e. The summed E-state index contributed by atoms with van der Waals surface area (Å²) in [6, 6.07) is 8.11. The zero-order valence-corrected chi connectivity index (χ0v) is 8.23. The fourth-order valence-electron chi connectivity index (χ4n) is 1.85. The standard InChI is InChI=1S/C11H11N3/c1-7-8(2)13-14-10-6-4-3-5-9(10)12-11(7)14/h3-7H,1-2H3. The summed E-state index contributed by atoms with van der Waals surface area (Å²) in [6.45, 7) is 4.19. The van der Waals surface area contributed by atoms with Gasteiger partial charge in [-0.25, -0.2) is 9.66 Å². The number of hydrogen-bond donors (Lipinski definition) is 0. The van der Waals surface area contributed by atoms with Crippen LogP contribution in [0.3, 0.4) is 0 Å². The molecule has 0 saturated carbocycles. The SMILES string of the molecule is CC1=Nn2c(nc3ccccc32)C1C. The quantitative estimate of drug-likeness (QED) is 0.619. The van der Waals surface area contributed by atoms with Gasteiger partial charge in [0.2, 0.25) is 0 Å². The Bertz CT molecular complexity index is 536. The molecule has 2 aromatic rings. The van der Waals surface area contributed by atoms with Crippen LogP contribution in [0.4, 0.5) is 0 Å². The van der Waals surface area contributed by atoms with Gasteiger partial charge in [-0.05, 0) is 26.0 Å². The van der Waals surface area contributed by atoms with Gasteiger partial charge >= 0.3 is 0 Å². The lowest BCUT2D eigenvalue weighted by atomic mass is 10.1. The first kappa shape index (κ1) is 7.74. The van der Waals surface area contributed by atoms with Crippen LogP contribution in [0, 0.1) is 0 Å². The number of nitrogens with zero attached hydrogens (tertiary/aromatic N) is 3. The van der Waals surface area contributed by atoms with Crippen LogP contribution in [-0.2, 0) is 0 Å². The number of hydrogen-bond acceptors (Lipinski definition) is 2. The first-order chi connectivity index (χ1) is 6.77. The summed E-state index contributed by atoms with van der Waals surface area (Å²) in [5.74, 6) is 1.41. The molecular formula is C11H11N3. The molecule has 0 aliphatic carbocycles. The van der Waals surface area contributed by atoms with Crippen LogP contribution in [0.2, 0.25) is 0 Å². The second-order valence-corrected chi connectivity index (χ2v) is 3.73. The van der Waals surface area contributed by atoms with E-state index in [1.54, 1.807) is 0 Å². The lowest BCUT2D eigenvalue weighted by molar-refractivity contribution is 0.841. The summed E-state index contributed by atoms with van der Waals surface area (Å²) in [5, 5.41) is 4.49. The average Bonchev–Trinajstić information content (AvgIpc) is 2.67. The highest BCUT2D eigenvalue weighted by atomic mass is 15.4. The second-order valence-electron chi connectivity index (χ2n) is 3.73. The fourth-order valence-corrected chi connectivity index (χ4v) is 1.85. The van der Waals surface area contributed by atoms with Gasteiger partial charge in [-0.2, -0.15) is 5.10 Å². The molecule has 2 heterocycles. The van der Waals surface area contributed by atoms with Gasteiger partial charge in [0, 0.05) is 5.71 Å². The molecule has 1 aliphatic heterocycles. The fraction of sp³-hybridized carbons (Fsp3) is 0.273. The normalized spacial score (nSPS) is 19.9. The minimum atomic E-state index is 0.349. The maximum Gasteiger partial charge on any atom is 0.139 e. The van der Waals surface area contributed by atoms with Crippen molar-refractivity contribution in [3.05, 3.63) is 30.1 Å². The zero-order chi connectivity index (χ0) is 9.71. The molecule has 3 heteroatoms. The molecule has 70 valence electrons. The predicted octanol–water partition coefficient (Wildman–Crippen LogP) is 2.38. The lowest BCUT2D eigenvalue weighted by Crippen LogP contribution is -1.99. The summed E-state index contributed by atoms with van der Waals surface area (Å²) < 4.78 is 1.95. The lowest BCUT2D eigenvalue weighted by Gasteiger charge is -1.97. The zero-order valence-electron chi connectivity index (χ0n) is 8.23. The van der Waals surface area contributed by atoms with E-state index < -0.39 is 0 Å². The van der Waals surface area contributed by atoms with Crippen molar-refractivity contribution in [1.82, 2.24) is 9.66 Å². The van der Waals surface area contributed by atoms with Crippen molar-refractivity contribution in [2.24, 2.45) is 5.10 Å². The molecule has 1 unspecified atom stereocenters. The number of imidazole rings is 1. The monoisotopic (exact) mass is 185 g/mol. The van der Waals surface area contributed by atoms with Gasteiger partial charge < -0.3 is 0 Å². The molecule has 0 spiro atoms. The number of benzene rings is 1. The molecule has 0 fully saturated rings. The maximum absolute atomic E-state index is 4.57. The van der Waals surface area contributed by atoms with E-state index >= 15 is 0 Å². The van der Waals surface area contributed by atoms with Gasteiger partial charge in [0.15, 0.2) is 0 Å². The molecular weight excluding hydrogens is 174 g/mol. The van der Waals surface area contributed by atoms with E-state index in [9.17, 15) is 0 Å². The minimum Gasteiger partial charge on any atom is -0.231 e. The van der Waals surface area contributed by atoms with Gasteiger partial charge in [0.05, 0.1) is 17.0 Å². The molecule has 1 atom stereocenters. The molecule has 0 saturated heterocycles. The highest BCUT2D eigenvalue weighted by Gasteiger charge is 2.23. The molecule has 0 amide bonds. The van der Waals surface area contributed by atoms with Gasteiger partial charge in [-0.15, -0.1) is 0 Å². The Morgan fingerprint density at radius 1 is 1.29 bits per heavy atom. The van der Waals surface area contributed by atoms with Crippen LogP contribution in [0.25, 0.3) is 11.0 Å². The molecule has 0 radical (unpaired) electrons. The molecule has 0 bridgehead atoms. The molecule has 1 aromatic heterocycles. The largest absolute Gasteiger partial charge is 0.231 e. The van der Waals surface area contributed by atoms with Crippen LogP contribution >= 0.6 is 0 Å². The number of fused-ring (bicyclic) bond motifs is 3. The number of aromatic nitrogens is 2. The molecule has 0 N–H and O–H groups in total. The van der Waals surface area contributed by atoms with Crippen LogP contribution in [-0.4, -0.2) is 15.4 Å². The van der Waals surface area contributed by atoms with E-state index in [-0.39, 0.29) is 0 Å². The van der Waals surface area contributed by atoms with E-state index in [4.69, 9.17) is 0 Å². The summed E-state index contributed by atoms with van der Waals surface area (Å²) in [7, 11) is 0. The summed E-state index contributed by atoms with van der Waals surface area (Å²) in [6.07, 6.45) is 0. The molecule has 3 rings (SSSR count). The van der Waals surface area contributed by atoms with Gasteiger partial charge in [0.25, 0.3) is 0 Å². The molecule has 1 aliphatic rings. The number of para-hydroxylation sites is 2. The van der Waals surface area contributed by atoms with Gasteiger partial charge in [-0.3, -0.25) is 0 Å². The topological polar surface area (TPSA) is 30.2 Å². The Balaban J connectivity index is 2.40. The van der Waals surface area contributed by atoms with Gasteiger partial charge in [0.1, 0.15) is 5.82 Å². The average molecular weight is 185 g/mol. The summed E-state index contributed by atoms with van der Waals surface area (Å²) >= 11 is 0. The van der Waals surface area contributed by atoms with E-state index in [2.05, 4.69) is 23.1 Å². The summed E-state index contributed by atoms with van der Waals surface area (Å²) in [4.78, 5) is 4.57. The Labute approximate surface area is 82.1 Å². The van der Waals surface area contributed by atoms with Crippen molar-refractivity contribution in [2.45, 2.75) is 19.8 Å². The maximum atomic E-state index is 4.57. The third-order valence-electron chi connectivity index (χ3n) is 2.83. The van der Waals surface area contributed by atoms with Crippen molar-refractivity contribution in [3.63, 3.8) is 0 Å². The van der Waals surface area contributed by atoms with Crippen LogP contribution < -0.4 is 0 Å². The molecule has 1 aromatic carbocycles. The predicted molar refractivity (Wildman–Crippen MR) is 56.7 cm³/mol. The van der Waals surface area contributed by atoms with E-state index in [1.165, 1.54) is 0 Å². The van der Waals surface area contributed by atoms with Crippen molar-refractivity contribution in [2.75, 3.05) is 0 Å². The van der Waals surface area contributed by atoms with Crippen molar-refractivity contribution in [1.29, 1.82) is 0 Å². The van der Waals surface area contributed by atoms with E-state index in [0.717, 1.165) is 22.6 Å². The van der Waals surface area contributed by atoms with Crippen molar-refractivity contribution in [3.8, 4) is 0 Å². The Morgan fingerprint density at radius 2 is 2.07 bits per heavy atom. The molecule has 3 nitrogen and oxygen atoms in total. The van der Waals surface area contributed by atoms with E-state index in [1.807, 2.05) is 29.8 Å². The van der Waals surface area contributed by atoms with Crippen molar-refractivity contribution < 1.29 is 0 Å². The Kier molecular flexibility index (Phi) is 1.35. The van der Waals surface area contributed by atoms with Crippen molar-refractivity contribution >= 4 is 16.7 Å². The van der Waals surface area contributed by atoms with Crippen LogP contribution in [0.15, 0.2) is 29.4 Å². The third-order valence-corrected chi connectivity index (χ3v) is 2.83. The highest BCUT2D eigenvalue weighted by molar-refractivity contribution is 5.92. The molecule has 14 heavy (non-hydrogen) atoms. The Morgan fingerprint density at radius 3 is 2.93 bits per heavy atom. The minimum absolute atomic E-state index is 0.349. The second kappa shape index (κ2) is 2.44. The first-order valence-corrected chi connectivity index (χ1v) is 4.80. The Hall–Kier alpha value is -1.64. The first-order valence-electron chi connectivity index (χ1n) is 4.80.